The summed E-state index contributed by atoms with van der Waals surface area (Å²) < 4.78 is 12.1. The van der Waals surface area contributed by atoms with Crippen molar-refractivity contribution in [2.45, 2.75) is 55.8 Å². The van der Waals surface area contributed by atoms with Gasteiger partial charge < -0.3 is 19.9 Å². The molecule has 2 aliphatic heterocycles. The van der Waals surface area contributed by atoms with Crippen molar-refractivity contribution >= 4 is 0 Å². The molecule has 1 saturated heterocycles. The summed E-state index contributed by atoms with van der Waals surface area (Å²) in [5, 5.41) is 15.0. The molecule has 0 radical (unpaired) electrons. The van der Waals surface area contributed by atoms with Gasteiger partial charge in [0.15, 0.2) is 11.5 Å². The highest BCUT2D eigenvalue weighted by molar-refractivity contribution is 5.62. The van der Waals surface area contributed by atoms with Crippen LogP contribution in [0.3, 0.4) is 0 Å². The average Bonchev–Trinajstić information content (AvgIpc) is 3.35. The van der Waals surface area contributed by atoms with E-state index in [1.54, 1.807) is 7.11 Å². The van der Waals surface area contributed by atoms with Gasteiger partial charge in [-0.25, -0.2) is 0 Å². The number of rotatable bonds is 3. The summed E-state index contributed by atoms with van der Waals surface area (Å²) in [6.45, 7) is 0.996. The highest BCUT2D eigenvalue weighted by Crippen LogP contribution is 2.62. The number of nitrogens with one attached hydrogen (secondary N) is 1. The molecule has 2 heterocycles. The Morgan fingerprint density at radius 2 is 2.24 bits per heavy atom. The summed E-state index contributed by atoms with van der Waals surface area (Å²) in [6, 6.07) is 4.69. The predicted molar refractivity (Wildman–Crippen MR) is 94.1 cm³/mol. The van der Waals surface area contributed by atoms with Gasteiger partial charge in [0.25, 0.3) is 0 Å². The van der Waals surface area contributed by atoms with Gasteiger partial charge in [-0.1, -0.05) is 12.1 Å². The first-order valence-corrected chi connectivity index (χ1v) is 9.71. The van der Waals surface area contributed by atoms with E-state index in [-0.39, 0.29) is 11.5 Å². The molecule has 25 heavy (non-hydrogen) atoms. The first-order chi connectivity index (χ1) is 12.2. The average molecular weight is 339 g/mol. The van der Waals surface area contributed by atoms with E-state index in [1.807, 2.05) is 6.07 Å². The van der Waals surface area contributed by atoms with Crippen LogP contribution in [0.15, 0.2) is 23.8 Å². The van der Waals surface area contributed by atoms with Crippen molar-refractivity contribution in [3.63, 3.8) is 0 Å². The third kappa shape index (κ3) is 1.75. The lowest BCUT2D eigenvalue weighted by Gasteiger charge is -2.55. The van der Waals surface area contributed by atoms with Gasteiger partial charge in [-0.2, -0.15) is 0 Å². The molecule has 1 spiro atoms. The number of methoxy groups -OCH3 is 1. The van der Waals surface area contributed by atoms with E-state index >= 15 is 0 Å². The molecule has 0 aromatic heterocycles. The Morgan fingerprint density at radius 1 is 1.36 bits per heavy atom. The summed E-state index contributed by atoms with van der Waals surface area (Å²) in [5.41, 5.74) is 3.84. The van der Waals surface area contributed by atoms with E-state index in [4.69, 9.17) is 9.47 Å². The Kier molecular flexibility index (Phi) is 2.81. The number of aliphatic hydroxyl groups is 1. The third-order valence-electron chi connectivity index (χ3n) is 7.34. The van der Waals surface area contributed by atoms with Crippen LogP contribution in [0.2, 0.25) is 0 Å². The Labute approximate surface area is 148 Å². The molecule has 1 saturated carbocycles. The Balaban J connectivity index is 1.56. The predicted octanol–water partition coefficient (Wildman–Crippen LogP) is 2.33. The smallest absolute Gasteiger partial charge is 0.165 e. The fourth-order valence-corrected chi connectivity index (χ4v) is 6.09. The molecule has 2 N–H and O–H groups in total. The molecule has 3 aliphatic carbocycles. The number of ether oxygens (including phenoxy) is 2. The highest BCUT2D eigenvalue weighted by Gasteiger charge is 2.64. The normalized spacial score (nSPS) is 40.2. The van der Waals surface area contributed by atoms with E-state index < -0.39 is 6.10 Å². The fraction of sp³-hybridized carbons (Fsp3) is 0.619. The van der Waals surface area contributed by atoms with Crippen molar-refractivity contribution < 1.29 is 14.6 Å². The summed E-state index contributed by atoms with van der Waals surface area (Å²) in [5.74, 6) is 2.91. The Hall–Kier alpha value is -1.52. The molecule has 0 amide bonds. The van der Waals surface area contributed by atoms with E-state index in [2.05, 4.69) is 17.5 Å². The van der Waals surface area contributed by atoms with Crippen LogP contribution in [0.1, 0.15) is 36.8 Å². The molecule has 1 aromatic carbocycles. The summed E-state index contributed by atoms with van der Waals surface area (Å²) in [4.78, 5) is 0. The second-order valence-corrected chi connectivity index (χ2v) is 8.58. The Morgan fingerprint density at radius 3 is 3.04 bits per heavy atom. The van der Waals surface area contributed by atoms with Crippen LogP contribution in [0, 0.1) is 11.8 Å². The third-order valence-corrected chi connectivity index (χ3v) is 7.34. The lowest BCUT2D eigenvalue weighted by molar-refractivity contribution is -0.0257. The summed E-state index contributed by atoms with van der Waals surface area (Å²) in [7, 11) is 1.71. The maximum atomic E-state index is 11.2. The van der Waals surface area contributed by atoms with Crippen LogP contribution in [-0.2, 0) is 11.8 Å². The van der Waals surface area contributed by atoms with Crippen LogP contribution >= 0.6 is 0 Å². The zero-order valence-electron chi connectivity index (χ0n) is 14.6. The maximum Gasteiger partial charge on any atom is 0.165 e. The topological polar surface area (TPSA) is 50.7 Å². The number of aliphatic hydroxyl groups excluding tert-OH is 1. The molecular formula is C21H25NO3. The van der Waals surface area contributed by atoms with Crippen molar-refractivity contribution in [1.29, 1.82) is 0 Å². The van der Waals surface area contributed by atoms with Gasteiger partial charge in [0, 0.05) is 22.9 Å². The number of hydrogen-bond acceptors (Lipinski definition) is 4. The molecule has 6 rings (SSSR count). The van der Waals surface area contributed by atoms with Gasteiger partial charge in [0.2, 0.25) is 0 Å². The van der Waals surface area contributed by atoms with E-state index in [0.717, 1.165) is 43.2 Å². The molecule has 5 aliphatic rings. The molecule has 4 heteroatoms. The summed E-state index contributed by atoms with van der Waals surface area (Å²) in [6.07, 6.45) is 7.51. The van der Waals surface area contributed by atoms with E-state index in [1.165, 1.54) is 29.5 Å². The number of benzene rings is 1. The second-order valence-electron chi connectivity index (χ2n) is 8.58. The van der Waals surface area contributed by atoms with Gasteiger partial charge in [-0.15, -0.1) is 0 Å². The molecule has 2 bridgehead atoms. The minimum Gasteiger partial charge on any atom is -0.493 e. The second kappa shape index (κ2) is 4.80. The molecule has 132 valence electrons. The maximum absolute atomic E-state index is 11.2. The molecule has 2 fully saturated rings. The molecule has 4 nitrogen and oxygen atoms in total. The van der Waals surface area contributed by atoms with Gasteiger partial charge in [-0.05, 0) is 61.8 Å². The van der Waals surface area contributed by atoms with Crippen LogP contribution in [0.4, 0.5) is 0 Å². The van der Waals surface area contributed by atoms with Gasteiger partial charge in [0.05, 0.1) is 7.11 Å². The lowest BCUT2D eigenvalue weighted by Crippen LogP contribution is -2.65. The largest absolute Gasteiger partial charge is 0.493 e. The first-order valence-electron chi connectivity index (χ1n) is 9.71. The zero-order chi connectivity index (χ0) is 16.8. The van der Waals surface area contributed by atoms with Crippen molar-refractivity contribution in [1.82, 2.24) is 5.32 Å². The molecule has 3 unspecified atom stereocenters. The minimum absolute atomic E-state index is 0.0835. The SMILES string of the molecule is COc1ccc2c3c1OC1C(O)C(CC4CC4)=CC4[C@@H](C2)NCC[C@]314. The van der Waals surface area contributed by atoms with E-state index in [9.17, 15) is 5.11 Å². The molecule has 1 aromatic rings. The monoisotopic (exact) mass is 339 g/mol. The van der Waals surface area contributed by atoms with Crippen molar-refractivity contribution in [3.8, 4) is 11.5 Å². The van der Waals surface area contributed by atoms with Crippen LogP contribution in [0.5, 0.6) is 11.5 Å². The molecule has 5 atom stereocenters. The summed E-state index contributed by atoms with van der Waals surface area (Å²) >= 11 is 0. The zero-order valence-corrected chi connectivity index (χ0v) is 14.6. The van der Waals surface area contributed by atoms with Gasteiger partial charge in [-0.3, -0.25) is 0 Å². The number of piperidine rings is 1. The molecular weight excluding hydrogens is 314 g/mol. The minimum atomic E-state index is -0.487. The van der Waals surface area contributed by atoms with Crippen LogP contribution in [-0.4, -0.2) is 37.0 Å². The quantitative estimate of drug-likeness (QED) is 0.830. The Bertz CT molecular complexity index is 784. The van der Waals surface area contributed by atoms with E-state index in [0.29, 0.717) is 12.0 Å². The van der Waals surface area contributed by atoms with Crippen molar-refractivity contribution in [2.75, 3.05) is 13.7 Å². The highest BCUT2D eigenvalue weighted by atomic mass is 16.5. The number of hydrogen-bond donors (Lipinski definition) is 2. The lowest BCUT2D eigenvalue weighted by atomic mass is 9.52. The van der Waals surface area contributed by atoms with Gasteiger partial charge >= 0.3 is 0 Å². The van der Waals surface area contributed by atoms with Crippen molar-refractivity contribution in [2.24, 2.45) is 11.8 Å². The fourth-order valence-electron chi connectivity index (χ4n) is 6.09. The van der Waals surface area contributed by atoms with Crippen LogP contribution < -0.4 is 14.8 Å². The van der Waals surface area contributed by atoms with Crippen molar-refractivity contribution in [3.05, 3.63) is 34.9 Å². The standard InChI is InChI=1S/C21H25NO3/c1-24-16-5-4-12-10-15-14-9-13(8-11-2-3-11)18(23)20-21(14,6-7-22-15)17(12)19(16)25-20/h4-5,9,11,14-15,18,20,22-23H,2-3,6-8,10H2,1H3/t14?,15-,18?,20?,21+/m1/s1. The van der Waals surface area contributed by atoms with Gasteiger partial charge in [0.1, 0.15) is 12.2 Å². The first kappa shape index (κ1) is 14.6. The van der Waals surface area contributed by atoms with Crippen LogP contribution in [0.25, 0.3) is 0 Å².